The fourth-order valence-corrected chi connectivity index (χ4v) is 3.25. The molecule has 2 fully saturated rings. The van der Waals surface area contributed by atoms with Gasteiger partial charge in [-0.25, -0.2) is 4.39 Å². The van der Waals surface area contributed by atoms with Gasteiger partial charge in [-0.3, -0.25) is 0 Å². The van der Waals surface area contributed by atoms with Crippen LogP contribution in [-0.4, -0.2) is 12.6 Å². The highest BCUT2D eigenvalue weighted by molar-refractivity contribution is 6.17. The molecule has 1 saturated heterocycles. The van der Waals surface area contributed by atoms with Crippen LogP contribution >= 0.6 is 11.6 Å². The Balaban J connectivity index is 1.89. The lowest BCUT2D eigenvalue weighted by atomic mass is 10.1. The lowest BCUT2D eigenvalue weighted by Gasteiger charge is -2.29. The second-order valence-corrected chi connectivity index (χ2v) is 5.17. The molecule has 1 heterocycles. The van der Waals surface area contributed by atoms with E-state index >= 15 is 0 Å². The third kappa shape index (κ3) is 1.60. The van der Waals surface area contributed by atoms with Gasteiger partial charge >= 0.3 is 0 Å². The molecule has 2 bridgehead atoms. The maximum Gasteiger partial charge on any atom is 0.146 e. The molecule has 3 heteroatoms. The number of piperidine rings is 1. The van der Waals surface area contributed by atoms with Gasteiger partial charge in [-0.1, -0.05) is 6.07 Å². The van der Waals surface area contributed by atoms with Crippen LogP contribution in [0.15, 0.2) is 18.2 Å². The van der Waals surface area contributed by atoms with E-state index in [-0.39, 0.29) is 5.82 Å². The lowest BCUT2D eigenvalue weighted by molar-refractivity contribution is 0.540. The summed E-state index contributed by atoms with van der Waals surface area (Å²) in [5.41, 5.74) is 1.62. The van der Waals surface area contributed by atoms with Gasteiger partial charge in [0, 0.05) is 18.5 Å². The smallest absolute Gasteiger partial charge is 0.146 e. The van der Waals surface area contributed by atoms with Gasteiger partial charge in [0.1, 0.15) is 5.82 Å². The summed E-state index contributed by atoms with van der Waals surface area (Å²) in [6.07, 6.45) is 3.79. The average molecular weight is 240 g/mol. The summed E-state index contributed by atoms with van der Waals surface area (Å²) in [5.74, 6) is 1.05. The Hall–Kier alpha value is -0.760. The number of benzene rings is 1. The highest BCUT2D eigenvalue weighted by Gasteiger charge is 2.38. The van der Waals surface area contributed by atoms with Crippen LogP contribution in [0.5, 0.6) is 0 Å². The van der Waals surface area contributed by atoms with Crippen molar-refractivity contribution >= 4 is 17.3 Å². The van der Waals surface area contributed by atoms with Gasteiger partial charge in [-0.2, -0.15) is 0 Å². The zero-order chi connectivity index (χ0) is 11.1. The van der Waals surface area contributed by atoms with E-state index in [1.54, 1.807) is 6.07 Å². The van der Waals surface area contributed by atoms with Gasteiger partial charge in [-0.05, 0) is 42.9 Å². The van der Waals surface area contributed by atoms with Crippen molar-refractivity contribution in [1.82, 2.24) is 0 Å². The Morgan fingerprint density at radius 2 is 2.25 bits per heavy atom. The number of alkyl halides is 1. The largest absolute Gasteiger partial charge is 0.366 e. The number of fused-ring (bicyclic) bond motifs is 2. The minimum atomic E-state index is -0.120. The molecule has 0 spiro atoms. The summed E-state index contributed by atoms with van der Waals surface area (Å²) in [6, 6.07) is 5.95. The average Bonchev–Trinajstić information content (AvgIpc) is 2.90. The van der Waals surface area contributed by atoms with Crippen LogP contribution in [0.2, 0.25) is 0 Å². The van der Waals surface area contributed by atoms with Gasteiger partial charge in [-0.15, -0.1) is 11.6 Å². The number of rotatable bonds is 2. The zero-order valence-corrected chi connectivity index (χ0v) is 9.88. The van der Waals surface area contributed by atoms with E-state index in [1.807, 2.05) is 12.1 Å². The van der Waals surface area contributed by atoms with E-state index in [2.05, 4.69) is 4.90 Å². The fourth-order valence-electron chi connectivity index (χ4n) is 3.09. The molecule has 86 valence electrons. The summed E-state index contributed by atoms with van der Waals surface area (Å²) < 4.78 is 13.9. The lowest BCUT2D eigenvalue weighted by Crippen LogP contribution is -2.32. The molecular formula is C13H15ClFN. The molecule has 1 aromatic carbocycles. The molecule has 1 saturated carbocycles. The maximum atomic E-state index is 13.9. The topological polar surface area (TPSA) is 3.24 Å². The molecule has 1 aliphatic carbocycles. The minimum Gasteiger partial charge on any atom is -0.366 e. The normalized spacial score (nSPS) is 27.8. The van der Waals surface area contributed by atoms with Crippen LogP contribution in [-0.2, 0) is 5.88 Å². The molecule has 16 heavy (non-hydrogen) atoms. The molecule has 2 atom stereocenters. The Labute approximate surface area is 100 Å². The molecule has 1 aliphatic heterocycles. The molecular weight excluding hydrogens is 225 g/mol. The monoisotopic (exact) mass is 239 g/mol. The van der Waals surface area contributed by atoms with Gasteiger partial charge in [0.25, 0.3) is 0 Å². The Bertz CT molecular complexity index is 407. The van der Waals surface area contributed by atoms with Gasteiger partial charge in [0.15, 0.2) is 0 Å². The second kappa shape index (κ2) is 3.92. The van der Waals surface area contributed by atoms with E-state index in [1.165, 1.54) is 19.3 Å². The van der Waals surface area contributed by atoms with Crippen molar-refractivity contribution in [3.63, 3.8) is 0 Å². The Kier molecular flexibility index (Phi) is 2.55. The first-order valence-corrected chi connectivity index (χ1v) is 6.42. The Morgan fingerprint density at radius 1 is 1.38 bits per heavy atom. The molecule has 0 aromatic heterocycles. The van der Waals surface area contributed by atoms with Crippen LogP contribution in [0.4, 0.5) is 10.1 Å². The van der Waals surface area contributed by atoms with Crippen molar-refractivity contribution in [2.75, 3.05) is 11.4 Å². The number of hydrogen-bond acceptors (Lipinski definition) is 1. The van der Waals surface area contributed by atoms with Crippen molar-refractivity contribution in [3.8, 4) is 0 Å². The summed E-state index contributed by atoms with van der Waals surface area (Å²) in [5, 5.41) is 0. The first kappa shape index (κ1) is 10.4. The predicted molar refractivity (Wildman–Crippen MR) is 64.4 cm³/mol. The summed E-state index contributed by atoms with van der Waals surface area (Å²) in [7, 11) is 0. The standard InChI is InChI=1S/C13H15ClFN/c14-7-9-2-4-13(12(15)6-9)16-8-10-1-3-11(16)5-10/h2,4,6,10-11H,1,3,5,7-8H2. The molecule has 3 rings (SSSR count). The summed E-state index contributed by atoms with van der Waals surface area (Å²) in [6.45, 7) is 1.03. The van der Waals surface area contributed by atoms with Crippen LogP contribution in [0.1, 0.15) is 24.8 Å². The number of hydrogen-bond donors (Lipinski definition) is 0. The highest BCUT2D eigenvalue weighted by Crippen LogP contribution is 2.40. The summed E-state index contributed by atoms with van der Waals surface area (Å²) >= 11 is 5.69. The van der Waals surface area contributed by atoms with E-state index in [9.17, 15) is 4.39 Å². The highest BCUT2D eigenvalue weighted by atomic mass is 35.5. The first-order valence-electron chi connectivity index (χ1n) is 5.89. The number of halogens is 2. The van der Waals surface area contributed by atoms with Crippen LogP contribution in [0, 0.1) is 11.7 Å². The molecule has 0 amide bonds. The number of nitrogens with zero attached hydrogens (tertiary/aromatic N) is 1. The van der Waals surface area contributed by atoms with Gasteiger partial charge in [0.2, 0.25) is 0 Å². The molecule has 0 radical (unpaired) electrons. The SMILES string of the molecule is Fc1cc(CCl)ccc1N1CC2CCC1C2. The molecule has 0 N–H and O–H groups in total. The van der Waals surface area contributed by atoms with E-state index in [0.29, 0.717) is 11.9 Å². The predicted octanol–water partition coefficient (Wildman–Crippen LogP) is 3.55. The molecule has 2 unspecified atom stereocenters. The quantitative estimate of drug-likeness (QED) is 0.714. The molecule has 1 nitrogen and oxygen atoms in total. The minimum absolute atomic E-state index is 0.120. The van der Waals surface area contributed by atoms with Crippen molar-refractivity contribution in [2.24, 2.45) is 5.92 Å². The molecule has 1 aromatic rings. The fraction of sp³-hybridized carbons (Fsp3) is 0.538. The van der Waals surface area contributed by atoms with E-state index in [4.69, 9.17) is 11.6 Å². The second-order valence-electron chi connectivity index (χ2n) is 4.90. The maximum absolute atomic E-state index is 13.9. The van der Waals surface area contributed by atoms with Crippen molar-refractivity contribution in [3.05, 3.63) is 29.6 Å². The Morgan fingerprint density at radius 3 is 2.81 bits per heavy atom. The van der Waals surface area contributed by atoms with Gasteiger partial charge < -0.3 is 4.90 Å². The van der Waals surface area contributed by atoms with Crippen LogP contribution < -0.4 is 4.90 Å². The van der Waals surface area contributed by atoms with Crippen LogP contribution in [0.25, 0.3) is 0 Å². The zero-order valence-electron chi connectivity index (χ0n) is 9.13. The van der Waals surface area contributed by atoms with Crippen LogP contribution in [0.3, 0.4) is 0 Å². The van der Waals surface area contributed by atoms with Crippen molar-refractivity contribution < 1.29 is 4.39 Å². The first-order chi connectivity index (χ1) is 7.78. The van der Waals surface area contributed by atoms with Crippen molar-refractivity contribution in [1.29, 1.82) is 0 Å². The van der Waals surface area contributed by atoms with Crippen molar-refractivity contribution in [2.45, 2.75) is 31.2 Å². The van der Waals surface area contributed by atoms with E-state index < -0.39 is 0 Å². The third-order valence-corrected chi connectivity index (χ3v) is 4.19. The molecule has 2 aliphatic rings. The third-order valence-electron chi connectivity index (χ3n) is 3.89. The summed E-state index contributed by atoms with van der Waals surface area (Å²) in [4.78, 5) is 2.24. The van der Waals surface area contributed by atoms with Gasteiger partial charge in [0.05, 0.1) is 5.69 Å². The van der Waals surface area contributed by atoms with E-state index in [0.717, 1.165) is 23.7 Å². The number of anilines is 1.